The zero-order chi connectivity index (χ0) is 23.8. The van der Waals surface area contributed by atoms with Crippen LogP contribution in [-0.2, 0) is 12.7 Å². The van der Waals surface area contributed by atoms with E-state index in [9.17, 15) is 26.7 Å². The molecule has 0 radical (unpaired) electrons. The summed E-state index contributed by atoms with van der Waals surface area (Å²) in [6.07, 6.45) is -3.26. The van der Waals surface area contributed by atoms with Gasteiger partial charge in [0.1, 0.15) is 11.5 Å². The lowest BCUT2D eigenvalue weighted by Crippen LogP contribution is -2.38. The Morgan fingerprint density at radius 3 is 2.67 bits per heavy atom. The Hall–Kier alpha value is -2.79. The third-order valence-corrected chi connectivity index (χ3v) is 6.28. The molecule has 1 aliphatic rings. The van der Waals surface area contributed by atoms with Gasteiger partial charge in [0.05, 0.1) is 11.1 Å². The Bertz CT molecular complexity index is 1150. The number of hydrogen-bond donors (Lipinski definition) is 1. The number of nitrogens with zero attached hydrogens (tertiary/aromatic N) is 2. The standard InChI is InChI=1S/C22H20F5N3O2S/c1-13-17(10-18(32-13)14-3-2-4-15(9-14)22(25,26)27)19(31)29-20-28-11-16(33-20)12-30-7-5-21(23,24)6-8-30/h2-4,9-11H,5-8,12H2,1H3,(H,28,29,31). The summed E-state index contributed by atoms with van der Waals surface area (Å²) in [6, 6.07) is 6.06. The molecule has 5 nitrogen and oxygen atoms in total. The largest absolute Gasteiger partial charge is 0.461 e. The Morgan fingerprint density at radius 2 is 1.97 bits per heavy atom. The summed E-state index contributed by atoms with van der Waals surface area (Å²) in [4.78, 5) is 19.6. The number of piperidine rings is 1. The fourth-order valence-corrected chi connectivity index (χ4v) is 4.41. The summed E-state index contributed by atoms with van der Waals surface area (Å²) in [7, 11) is 0. The molecule has 11 heteroatoms. The minimum atomic E-state index is -4.49. The van der Waals surface area contributed by atoms with Gasteiger partial charge in [-0.3, -0.25) is 15.0 Å². The van der Waals surface area contributed by atoms with Gasteiger partial charge in [-0.25, -0.2) is 13.8 Å². The average molecular weight is 485 g/mol. The van der Waals surface area contributed by atoms with Crippen LogP contribution in [-0.4, -0.2) is 34.8 Å². The van der Waals surface area contributed by atoms with Crippen molar-refractivity contribution in [1.82, 2.24) is 9.88 Å². The van der Waals surface area contributed by atoms with Gasteiger partial charge in [0, 0.05) is 49.1 Å². The lowest BCUT2D eigenvalue weighted by atomic mass is 10.1. The normalized spacial score (nSPS) is 16.7. The molecule has 1 N–H and O–H groups in total. The molecule has 1 aliphatic heterocycles. The molecule has 0 unspecified atom stereocenters. The van der Waals surface area contributed by atoms with Crippen molar-refractivity contribution < 1.29 is 31.2 Å². The van der Waals surface area contributed by atoms with Crippen molar-refractivity contribution in [2.75, 3.05) is 18.4 Å². The summed E-state index contributed by atoms with van der Waals surface area (Å²) in [6.45, 7) is 2.59. The maximum absolute atomic E-state index is 13.3. The predicted molar refractivity (Wildman–Crippen MR) is 113 cm³/mol. The molecular weight excluding hydrogens is 465 g/mol. The van der Waals surface area contributed by atoms with E-state index >= 15 is 0 Å². The molecule has 0 aliphatic carbocycles. The number of carbonyl (C=O) groups is 1. The van der Waals surface area contributed by atoms with Crippen molar-refractivity contribution in [3.8, 4) is 11.3 Å². The molecule has 2 aromatic heterocycles. The van der Waals surface area contributed by atoms with Crippen molar-refractivity contribution in [2.45, 2.75) is 38.4 Å². The van der Waals surface area contributed by atoms with Gasteiger partial charge < -0.3 is 4.42 Å². The molecule has 3 aromatic rings. The topological polar surface area (TPSA) is 58.4 Å². The fourth-order valence-electron chi connectivity index (χ4n) is 3.56. The zero-order valence-corrected chi connectivity index (χ0v) is 18.3. The third kappa shape index (κ3) is 5.59. The quantitative estimate of drug-likeness (QED) is 0.437. The second kappa shape index (κ2) is 8.86. The molecule has 0 spiro atoms. The summed E-state index contributed by atoms with van der Waals surface area (Å²) in [5, 5.41) is 2.99. The van der Waals surface area contributed by atoms with Gasteiger partial charge in [-0.05, 0) is 25.1 Å². The van der Waals surface area contributed by atoms with E-state index in [1.807, 2.05) is 4.90 Å². The summed E-state index contributed by atoms with van der Waals surface area (Å²) in [5.41, 5.74) is -0.430. The van der Waals surface area contributed by atoms with Gasteiger partial charge in [-0.1, -0.05) is 12.1 Å². The van der Waals surface area contributed by atoms with Crippen LogP contribution in [0.2, 0.25) is 0 Å². The van der Waals surface area contributed by atoms with Crippen LogP contribution < -0.4 is 5.32 Å². The molecule has 1 amide bonds. The number of amides is 1. The second-order valence-corrected chi connectivity index (χ2v) is 8.99. The van der Waals surface area contributed by atoms with E-state index in [-0.39, 0.29) is 35.5 Å². The van der Waals surface area contributed by atoms with Gasteiger partial charge in [-0.2, -0.15) is 13.2 Å². The first-order chi connectivity index (χ1) is 15.5. The molecule has 0 bridgehead atoms. The Balaban J connectivity index is 1.42. The first-order valence-corrected chi connectivity index (χ1v) is 11.0. The van der Waals surface area contributed by atoms with E-state index in [0.29, 0.717) is 24.8 Å². The highest BCUT2D eigenvalue weighted by molar-refractivity contribution is 7.15. The van der Waals surface area contributed by atoms with Gasteiger partial charge in [0.15, 0.2) is 5.13 Å². The molecule has 33 heavy (non-hydrogen) atoms. The maximum Gasteiger partial charge on any atom is 0.416 e. The number of aromatic nitrogens is 1. The van der Waals surface area contributed by atoms with Crippen molar-refractivity contribution in [2.24, 2.45) is 0 Å². The van der Waals surface area contributed by atoms with Crippen molar-refractivity contribution >= 4 is 22.4 Å². The highest BCUT2D eigenvalue weighted by Gasteiger charge is 2.34. The highest BCUT2D eigenvalue weighted by atomic mass is 32.1. The molecule has 1 fully saturated rings. The molecule has 4 rings (SSSR count). The van der Waals surface area contributed by atoms with Crippen LogP contribution in [0.3, 0.4) is 0 Å². The molecule has 0 atom stereocenters. The Morgan fingerprint density at radius 1 is 1.24 bits per heavy atom. The van der Waals surface area contributed by atoms with E-state index in [1.54, 1.807) is 13.1 Å². The number of thiazole rings is 1. The molecular formula is C22H20F5N3O2S. The Labute approximate surface area is 190 Å². The highest BCUT2D eigenvalue weighted by Crippen LogP contribution is 2.34. The molecule has 3 heterocycles. The maximum atomic E-state index is 13.3. The molecule has 0 saturated carbocycles. The first kappa shape index (κ1) is 23.4. The number of carbonyl (C=O) groups excluding carboxylic acids is 1. The van der Waals surface area contributed by atoms with E-state index in [2.05, 4.69) is 10.3 Å². The number of aryl methyl sites for hydroxylation is 1. The van der Waals surface area contributed by atoms with Crippen LogP contribution in [0.4, 0.5) is 27.1 Å². The van der Waals surface area contributed by atoms with Crippen LogP contribution in [0.25, 0.3) is 11.3 Å². The van der Waals surface area contributed by atoms with Crippen LogP contribution in [0, 0.1) is 6.92 Å². The average Bonchev–Trinajstić information content (AvgIpc) is 3.35. The van der Waals surface area contributed by atoms with E-state index < -0.39 is 23.6 Å². The smallest absolute Gasteiger partial charge is 0.416 e. The minimum absolute atomic E-state index is 0.144. The molecule has 1 saturated heterocycles. The van der Waals surface area contributed by atoms with Crippen molar-refractivity contribution in [3.05, 3.63) is 58.3 Å². The van der Waals surface area contributed by atoms with Crippen LogP contribution >= 0.6 is 11.3 Å². The lowest BCUT2D eigenvalue weighted by molar-refractivity contribution is -0.137. The van der Waals surface area contributed by atoms with Gasteiger partial charge >= 0.3 is 6.18 Å². The number of benzene rings is 1. The number of furan rings is 1. The minimum Gasteiger partial charge on any atom is -0.461 e. The number of likely N-dealkylation sites (tertiary alicyclic amines) is 1. The number of hydrogen-bond acceptors (Lipinski definition) is 5. The SMILES string of the molecule is Cc1oc(-c2cccc(C(F)(F)F)c2)cc1C(=O)Nc1ncc(CN2CCC(F)(F)CC2)s1. The first-order valence-electron chi connectivity index (χ1n) is 10.1. The third-order valence-electron chi connectivity index (χ3n) is 5.38. The summed E-state index contributed by atoms with van der Waals surface area (Å²) in [5.74, 6) is -2.72. The van der Waals surface area contributed by atoms with Crippen LogP contribution in [0.1, 0.15) is 39.4 Å². The second-order valence-electron chi connectivity index (χ2n) is 7.88. The van der Waals surface area contributed by atoms with Crippen LogP contribution in [0.5, 0.6) is 0 Å². The predicted octanol–water partition coefficient (Wildman–Crippen LogP) is 6.21. The number of halogens is 5. The van der Waals surface area contributed by atoms with Crippen molar-refractivity contribution in [1.29, 1.82) is 0 Å². The zero-order valence-electron chi connectivity index (χ0n) is 17.5. The monoisotopic (exact) mass is 485 g/mol. The van der Waals surface area contributed by atoms with Gasteiger partial charge in [0.25, 0.3) is 11.8 Å². The number of anilines is 1. The lowest BCUT2D eigenvalue weighted by Gasteiger charge is -2.31. The van der Waals surface area contributed by atoms with E-state index in [0.717, 1.165) is 17.0 Å². The summed E-state index contributed by atoms with van der Waals surface area (Å²) >= 11 is 1.24. The van der Waals surface area contributed by atoms with Gasteiger partial charge in [0.2, 0.25) is 0 Å². The van der Waals surface area contributed by atoms with E-state index in [1.165, 1.54) is 29.5 Å². The van der Waals surface area contributed by atoms with E-state index in [4.69, 9.17) is 4.42 Å². The number of alkyl halides is 5. The Kier molecular flexibility index (Phi) is 6.28. The summed E-state index contributed by atoms with van der Waals surface area (Å²) < 4.78 is 71.1. The number of nitrogens with one attached hydrogen (secondary N) is 1. The van der Waals surface area contributed by atoms with Crippen molar-refractivity contribution in [3.63, 3.8) is 0 Å². The fraction of sp³-hybridized carbons (Fsp3) is 0.364. The molecule has 176 valence electrons. The number of rotatable bonds is 5. The van der Waals surface area contributed by atoms with Gasteiger partial charge in [-0.15, -0.1) is 11.3 Å². The van der Waals surface area contributed by atoms with Crippen LogP contribution in [0.15, 0.2) is 40.9 Å². The molecule has 1 aromatic carbocycles.